The predicted octanol–water partition coefficient (Wildman–Crippen LogP) is 12.6. The van der Waals surface area contributed by atoms with E-state index in [9.17, 15) is 0 Å². The van der Waals surface area contributed by atoms with Crippen LogP contribution in [0.2, 0.25) is 0 Å². The molecular formula is C46H28N2O2. The van der Waals surface area contributed by atoms with Crippen molar-refractivity contribution in [3.8, 4) is 56.2 Å². The molecule has 10 rings (SSSR count). The topological polar surface area (TPSA) is 52.1 Å². The van der Waals surface area contributed by atoms with Crippen LogP contribution in [0.25, 0.3) is 100 Å². The molecule has 0 N–H and O–H groups in total. The largest absolute Gasteiger partial charge is 0.456 e. The van der Waals surface area contributed by atoms with E-state index in [-0.39, 0.29) is 0 Å². The summed E-state index contributed by atoms with van der Waals surface area (Å²) in [6.45, 7) is 0. The first kappa shape index (κ1) is 28.3. The summed E-state index contributed by atoms with van der Waals surface area (Å²) in [5.41, 5.74) is 12.6. The molecule has 234 valence electrons. The highest BCUT2D eigenvalue weighted by Gasteiger charge is 2.16. The molecule has 0 amide bonds. The van der Waals surface area contributed by atoms with Crippen molar-refractivity contribution in [1.29, 1.82) is 0 Å². The third-order valence-electron chi connectivity index (χ3n) is 9.48. The Labute approximate surface area is 287 Å². The Morgan fingerprint density at radius 1 is 0.280 bits per heavy atom. The van der Waals surface area contributed by atoms with Crippen LogP contribution in [0, 0.1) is 0 Å². The maximum absolute atomic E-state index is 6.18. The van der Waals surface area contributed by atoms with Crippen LogP contribution < -0.4 is 0 Å². The van der Waals surface area contributed by atoms with Crippen molar-refractivity contribution in [2.24, 2.45) is 0 Å². The second-order valence-electron chi connectivity index (χ2n) is 12.6. The van der Waals surface area contributed by atoms with E-state index in [2.05, 4.69) is 109 Å². The molecule has 0 saturated heterocycles. The Balaban J connectivity index is 1.21. The molecule has 0 aliphatic heterocycles. The van der Waals surface area contributed by atoms with Crippen LogP contribution in [0.5, 0.6) is 0 Å². The van der Waals surface area contributed by atoms with Gasteiger partial charge in [0.15, 0.2) is 5.82 Å². The molecule has 4 heteroatoms. The molecule has 10 aromatic rings. The van der Waals surface area contributed by atoms with Gasteiger partial charge in [0.2, 0.25) is 0 Å². The van der Waals surface area contributed by atoms with Gasteiger partial charge in [-0.3, -0.25) is 0 Å². The number of nitrogens with zero attached hydrogens (tertiary/aromatic N) is 2. The predicted molar refractivity (Wildman–Crippen MR) is 204 cm³/mol. The summed E-state index contributed by atoms with van der Waals surface area (Å²) in [4.78, 5) is 10.4. The molecule has 0 aliphatic rings. The Hall–Kier alpha value is -6.78. The summed E-state index contributed by atoms with van der Waals surface area (Å²) in [7, 11) is 0. The van der Waals surface area contributed by atoms with Crippen LogP contribution >= 0.6 is 0 Å². The Kier molecular flexibility index (Phi) is 6.46. The van der Waals surface area contributed by atoms with Gasteiger partial charge in [-0.1, -0.05) is 109 Å². The van der Waals surface area contributed by atoms with Crippen LogP contribution in [0.4, 0.5) is 0 Å². The Morgan fingerprint density at radius 3 is 1.20 bits per heavy atom. The molecule has 7 aromatic carbocycles. The van der Waals surface area contributed by atoms with E-state index < -0.39 is 0 Å². The zero-order chi connectivity index (χ0) is 33.0. The summed E-state index contributed by atoms with van der Waals surface area (Å²) in [6, 6.07) is 58.6. The number of hydrogen-bond donors (Lipinski definition) is 0. The SMILES string of the molecule is c1ccc(-c2cc(-c3ccccc3)nc(-c3cc(-c4ccc5oc6ccccc6c5c4)cc(-c4ccc5oc6ccccc6c5c4)c3)n2)cc1. The standard InChI is InChI=1S/C46H28N2O2/c1-3-11-29(12-4-1)40-28-41(30-13-5-2-6-14-30)48-46(47-40)35-24-33(31-19-21-44-38(26-31)36-15-7-9-17-42(36)49-44)23-34(25-35)32-20-22-45-39(27-32)37-16-8-10-18-43(37)50-45/h1-28H. The fourth-order valence-corrected chi connectivity index (χ4v) is 6.99. The van der Waals surface area contributed by atoms with Crippen LogP contribution in [0.1, 0.15) is 0 Å². The lowest BCUT2D eigenvalue weighted by molar-refractivity contribution is 0.668. The minimum atomic E-state index is 0.665. The molecule has 0 unspecified atom stereocenters. The first-order valence-corrected chi connectivity index (χ1v) is 16.7. The fourth-order valence-electron chi connectivity index (χ4n) is 6.99. The summed E-state index contributed by atoms with van der Waals surface area (Å²) < 4.78 is 12.4. The summed E-state index contributed by atoms with van der Waals surface area (Å²) >= 11 is 0. The van der Waals surface area contributed by atoms with Gasteiger partial charge in [-0.25, -0.2) is 9.97 Å². The molecule has 3 aromatic heterocycles. The zero-order valence-electron chi connectivity index (χ0n) is 26.9. The third-order valence-corrected chi connectivity index (χ3v) is 9.48. The van der Waals surface area contributed by atoms with E-state index in [4.69, 9.17) is 18.8 Å². The highest BCUT2D eigenvalue weighted by atomic mass is 16.3. The molecule has 0 atom stereocenters. The van der Waals surface area contributed by atoms with Crippen molar-refractivity contribution >= 4 is 43.9 Å². The van der Waals surface area contributed by atoms with E-state index >= 15 is 0 Å². The Bertz CT molecular complexity index is 2680. The molecular weight excluding hydrogens is 613 g/mol. The van der Waals surface area contributed by atoms with Crippen molar-refractivity contribution in [2.45, 2.75) is 0 Å². The number of aromatic nitrogens is 2. The number of benzene rings is 7. The third kappa shape index (κ3) is 4.85. The molecule has 50 heavy (non-hydrogen) atoms. The Morgan fingerprint density at radius 2 is 0.700 bits per heavy atom. The first-order chi connectivity index (χ1) is 24.7. The van der Waals surface area contributed by atoms with E-state index in [1.54, 1.807) is 0 Å². The van der Waals surface area contributed by atoms with Crippen molar-refractivity contribution < 1.29 is 8.83 Å². The minimum Gasteiger partial charge on any atom is -0.456 e. The van der Waals surface area contributed by atoms with Gasteiger partial charge in [-0.05, 0) is 82.9 Å². The smallest absolute Gasteiger partial charge is 0.160 e. The molecule has 0 spiro atoms. The molecule has 0 bridgehead atoms. The van der Waals surface area contributed by atoms with Gasteiger partial charge in [-0.2, -0.15) is 0 Å². The van der Waals surface area contributed by atoms with Gasteiger partial charge in [0, 0.05) is 38.2 Å². The highest BCUT2D eigenvalue weighted by Crippen LogP contribution is 2.39. The highest BCUT2D eigenvalue weighted by molar-refractivity contribution is 6.07. The number of fused-ring (bicyclic) bond motifs is 6. The van der Waals surface area contributed by atoms with Crippen molar-refractivity contribution in [1.82, 2.24) is 9.97 Å². The number of hydrogen-bond acceptors (Lipinski definition) is 4. The second kappa shape index (κ2) is 11.4. The second-order valence-corrected chi connectivity index (χ2v) is 12.6. The summed E-state index contributed by atoms with van der Waals surface area (Å²) in [5, 5.41) is 4.38. The molecule has 4 nitrogen and oxygen atoms in total. The average molecular weight is 641 g/mol. The molecule has 0 aliphatic carbocycles. The lowest BCUT2D eigenvalue weighted by Gasteiger charge is -2.13. The van der Waals surface area contributed by atoms with Gasteiger partial charge in [-0.15, -0.1) is 0 Å². The maximum Gasteiger partial charge on any atom is 0.160 e. The van der Waals surface area contributed by atoms with Gasteiger partial charge in [0.25, 0.3) is 0 Å². The summed E-state index contributed by atoms with van der Waals surface area (Å²) in [6.07, 6.45) is 0. The maximum atomic E-state index is 6.18. The van der Waals surface area contributed by atoms with Crippen LogP contribution in [-0.4, -0.2) is 9.97 Å². The van der Waals surface area contributed by atoms with Gasteiger partial charge in [0.1, 0.15) is 22.3 Å². The molecule has 0 saturated carbocycles. The molecule has 3 heterocycles. The first-order valence-electron chi connectivity index (χ1n) is 16.7. The van der Waals surface area contributed by atoms with Crippen molar-refractivity contribution in [3.63, 3.8) is 0 Å². The molecule has 0 radical (unpaired) electrons. The van der Waals surface area contributed by atoms with Gasteiger partial charge < -0.3 is 8.83 Å². The quantitative estimate of drug-likeness (QED) is 0.188. The normalized spacial score (nSPS) is 11.6. The van der Waals surface area contributed by atoms with Crippen molar-refractivity contribution in [3.05, 3.63) is 170 Å². The average Bonchev–Trinajstić information content (AvgIpc) is 3.76. The number of furan rings is 2. The van der Waals surface area contributed by atoms with Crippen LogP contribution in [0.3, 0.4) is 0 Å². The van der Waals surface area contributed by atoms with Crippen LogP contribution in [-0.2, 0) is 0 Å². The van der Waals surface area contributed by atoms with Gasteiger partial charge in [0.05, 0.1) is 11.4 Å². The number of rotatable bonds is 5. The van der Waals surface area contributed by atoms with Crippen molar-refractivity contribution in [2.75, 3.05) is 0 Å². The van der Waals surface area contributed by atoms with Crippen LogP contribution in [0.15, 0.2) is 179 Å². The van der Waals surface area contributed by atoms with E-state index in [0.29, 0.717) is 5.82 Å². The minimum absolute atomic E-state index is 0.665. The van der Waals surface area contributed by atoms with E-state index in [0.717, 1.165) is 94.2 Å². The zero-order valence-corrected chi connectivity index (χ0v) is 26.9. The molecule has 0 fully saturated rings. The fraction of sp³-hybridized carbons (Fsp3) is 0. The van der Waals surface area contributed by atoms with E-state index in [1.807, 2.05) is 60.7 Å². The monoisotopic (exact) mass is 640 g/mol. The van der Waals surface area contributed by atoms with E-state index in [1.165, 1.54) is 0 Å². The lowest BCUT2D eigenvalue weighted by atomic mass is 9.94. The lowest BCUT2D eigenvalue weighted by Crippen LogP contribution is -1.97. The summed E-state index contributed by atoms with van der Waals surface area (Å²) in [5.74, 6) is 0.665. The number of para-hydroxylation sites is 2. The van der Waals surface area contributed by atoms with Gasteiger partial charge >= 0.3 is 0 Å².